The largest absolute Gasteiger partial charge is 0.314 e. The van der Waals surface area contributed by atoms with E-state index in [1.807, 2.05) is 20.8 Å². The van der Waals surface area contributed by atoms with Crippen molar-refractivity contribution in [3.05, 3.63) is 0 Å². The highest BCUT2D eigenvalue weighted by Gasteiger charge is 1.98. The first-order valence-corrected chi connectivity index (χ1v) is 2.64. The summed E-state index contributed by atoms with van der Waals surface area (Å²) in [7, 11) is 0. The first-order chi connectivity index (χ1) is 3.18. The topological polar surface area (TPSA) is 23.5 Å². The van der Waals surface area contributed by atoms with Crippen LogP contribution in [0.1, 0.15) is 20.8 Å². The maximum absolute atomic E-state index is 8.77. The second-order valence-corrected chi connectivity index (χ2v) is 1.85. The maximum atomic E-state index is 8.77. The zero-order valence-electron chi connectivity index (χ0n) is 5.18. The summed E-state index contributed by atoms with van der Waals surface area (Å²) in [6, 6.07) is 0.255. The van der Waals surface area contributed by atoms with Gasteiger partial charge in [0, 0.05) is 12.6 Å². The van der Waals surface area contributed by atoms with E-state index in [-0.39, 0.29) is 6.04 Å². The van der Waals surface area contributed by atoms with Gasteiger partial charge in [0.15, 0.2) is 0 Å². The van der Waals surface area contributed by atoms with Crippen molar-refractivity contribution in [2.75, 3.05) is 6.54 Å². The predicted molar refractivity (Wildman–Crippen MR) is 29.3 cm³/mol. The van der Waals surface area contributed by atoms with E-state index in [2.05, 4.69) is 0 Å². The maximum Gasteiger partial charge on any atom is 0.0293 e. The van der Waals surface area contributed by atoms with Gasteiger partial charge in [-0.15, -0.1) is 0 Å². The minimum atomic E-state index is 0.255. The average Bonchev–Trinajstić information content (AvgIpc) is 1.65. The fourth-order valence-corrected chi connectivity index (χ4v) is 0.365. The van der Waals surface area contributed by atoms with Gasteiger partial charge in [0.25, 0.3) is 0 Å². The van der Waals surface area contributed by atoms with Crippen molar-refractivity contribution in [1.82, 2.24) is 5.06 Å². The van der Waals surface area contributed by atoms with Crippen molar-refractivity contribution in [2.24, 2.45) is 0 Å². The Hall–Kier alpha value is -0.0800. The van der Waals surface area contributed by atoms with Gasteiger partial charge in [0.1, 0.15) is 0 Å². The molecule has 0 aromatic rings. The minimum absolute atomic E-state index is 0.255. The van der Waals surface area contributed by atoms with Crippen LogP contribution in [0.15, 0.2) is 0 Å². The fourth-order valence-electron chi connectivity index (χ4n) is 0.365. The third-order valence-corrected chi connectivity index (χ3v) is 0.920. The highest BCUT2D eigenvalue weighted by Crippen LogP contribution is 1.88. The van der Waals surface area contributed by atoms with Crippen LogP contribution in [0.2, 0.25) is 0 Å². The second-order valence-electron chi connectivity index (χ2n) is 1.85. The fraction of sp³-hybridized carbons (Fsp3) is 1.00. The Bertz CT molecular complexity index is 45.3. The molecule has 0 heterocycles. The Kier molecular flexibility index (Phi) is 2.96. The molecule has 2 nitrogen and oxygen atoms in total. The molecule has 0 aliphatic carbocycles. The summed E-state index contributed by atoms with van der Waals surface area (Å²) in [6.45, 7) is 6.52. The molecule has 0 aromatic carbocycles. The molecule has 0 rings (SSSR count). The molecule has 0 saturated carbocycles. The summed E-state index contributed by atoms with van der Waals surface area (Å²) in [5, 5.41) is 10.1. The van der Waals surface area contributed by atoms with Gasteiger partial charge in [-0.2, -0.15) is 5.06 Å². The van der Waals surface area contributed by atoms with E-state index in [0.29, 0.717) is 6.54 Å². The van der Waals surface area contributed by atoms with Gasteiger partial charge in [0.05, 0.1) is 0 Å². The third-order valence-electron chi connectivity index (χ3n) is 0.920. The van der Waals surface area contributed by atoms with Crippen molar-refractivity contribution in [3.8, 4) is 0 Å². The van der Waals surface area contributed by atoms with Crippen LogP contribution in [-0.4, -0.2) is 22.9 Å². The summed E-state index contributed by atoms with van der Waals surface area (Å²) < 4.78 is 0. The zero-order chi connectivity index (χ0) is 5.86. The van der Waals surface area contributed by atoms with Crippen LogP contribution in [0.4, 0.5) is 0 Å². The Morgan fingerprint density at radius 2 is 2.00 bits per heavy atom. The van der Waals surface area contributed by atoms with E-state index in [0.717, 1.165) is 0 Å². The molecule has 0 aromatic heterocycles. The third kappa shape index (κ3) is 2.60. The molecule has 0 atom stereocenters. The van der Waals surface area contributed by atoms with Gasteiger partial charge in [-0.05, 0) is 13.8 Å². The first kappa shape index (κ1) is 6.92. The minimum Gasteiger partial charge on any atom is -0.314 e. The molecule has 0 radical (unpaired) electrons. The molecule has 0 fully saturated rings. The van der Waals surface area contributed by atoms with Crippen molar-refractivity contribution in [1.29, 1.82) is 0 Å². The molecule has 0 amide bonds. The SMILES string of the molecule is CCN(O)C(C)C. The lowest BCUT2D eigenvalue weighted by molar-refractivity contribution is -0.112. The summed E-state index contributed by atoms with van der Waals surface area (Å²) in [6.07, 6.45) is 0. The standard InChI is InChI=1S/C5H13NO/c1-4-6(7)5(2)3/h5,7H,4H2,1-3H3. The summed E-state index contributed by atoms with van der Waals surface area (Å²) in [4.78, 5) is 0. The van der Waals surface area contributed by atoms with Crippen LogP contribution in [-0.2, 0) is 0 Å². The van der Waals surface area contributed by atoms with Crippen LogP contribution in [0.5, 0.6) is 0 Å². The van der Waals surface area contributed by atoms with Crippen molar-refractivity contribution in [2.45, 2.75) is 26.8 Å². The summed E-state index contributed by atoms with van der Waals surface area (Å²) in [5.74, 6) is 0. The average molecular weight is 103 g/mol. The predicted octanol–water partition coefficient (Wildman–Crippen LogP) is 1.11. The van der Waals surface area contributed by atoms with Crippen molar-refractivity contribution in [3.63, 3.8) is 0 Å². The first-order valence-electron chi connectivity index (χ1n) is 2.64. The van der Waals surface area contributed by atoms with Crippen LogP contribution < -0.4 is 0 Å². The normalized spacial score (nSPS) is 11.1. The van der Waals surface area contributed by atoms with E-state index >= 15 is 0 Å². The lowest BCUT2D eigenvalue weighted by Crippen LogP contribution is -2.26. The van der Waals surface area contributed by atoms with E-state index in [9.17, 15) is 0 Å². The van der Waals surface area contributed by atoms with Crippen molar-refractivity contribution >= 4 is 0 Å². The highest BCUT2D eigenvalue weighted by atomic mass is 16.5. The van der Waals surface area contributed by atoms with Gasteiger partial charge in [-0.3, -0.25) is 0 Å². The second kappa shape index (κ2) is 2.99. The van der Waals surface area contributed by atoms with Gasteiger partial charge in [-0.1, -0.05) is 6.92 Å². The van der Waals surface area contributed by atoms with Crippen LogP contribution in [0.25, 0.3) is 0 Å². The molecule has 44 valence electrons. The smallest absolute Gasteiger partial charge is 0.0293 e. The summed E-state index contributed by atoms with van der Waals surface area (Å²) >= 11 is 0. The number of rotatable bonds is 2. The number of hydrogen-bond donors (Lipinski definition) is 1. The van der Waals surface area contributed by atoms with E-state index in [1.54, 1.807) is 0 Å². The Morgan fingerprint density at radius 1 is 1.57 bits per heavy atom. The molecule has 0 aliphatic heterocycles. The molecule has 0 bridgehead atoms. The molecule has 0 saturated heterocycles. The number of nitrogens with zero attached hydrogens (tertiary/aromatic N) is 1. The van der Waals surface area contributed by atoms with Gasteiger partial charge >= 0.3 is 0 Å². The number of hydrogen-bond acceptors (Lipinski definition) is 2. The Labute approximate surface area is 44.7 Å². The van der Waals surface area contributed by atoms with E-state index < -0.39 is 0 Å². The molecule has 0 unspecified atom stereocenters. The molecule has 1 N–H and O–H groups in total. The molecule has 2 heteroatoms. The van der Waals surface area contributed by atoms with Crippen LogP contribution in [0, 0.1) is 0 Å². The van der Waals surface area contributed by atoms with Gasteiger partial charge in [-0.25, -0.2) is 0 Å². The van der Waals surface area contributed by atoms with Crippen LogP contribution in [0.3, 0.4) is 0 Å². The molecule has 7 heavy (non-hydrogen) atoms. The van der Waals surface area contributed by atoms with Gasteiger partial charge < -0.3 is 5.21 Å². The summed E-state index contributed by atoms with van der Waals surface area (Å²) in [5.41, 5.74) is 0. The monoisotopic (exact) mass is 103 g/mol. The quantitative estimate of drug-likeness (QED) is 0.529. The van der Waals surface area contributed by atoms with E-state index in [4.69, 9.17) is 5.21 Å². The van der Waals surface area contributed by atoms with Crippen LogP contribution >= 0.6 is 0 Å². The highest BCUT2D eigenvalue weighted by molar-refractivity contribution is 4.44. The molecule has 0 spiro atoms. The van der Waals surface area contributed by atoms with E-state index in [1.165, 1.54) is 5.06 Å². The molecular formula is C5H13NO. The lowest BCUT2D eigenvalue weighted by Gasteiger charge is -2.14. The Morgan fingerprint density at radius 3 is 2.00 bits per heavy atom. The lowest BCUT2D eigenvalue weighted by atomic mass is 10.4. The molecular weight excluding hydrogens is 90.1 g/mol. The molecule has 0 aliphatic rings. The zero-order valence-corrected chi connectivity index (χ0v) is 5.18. The van der Waals surface area contributed by atoms with Gasteiger partial charge in [0.2, 0.25) is 0 Å². The van der Waals surface area contributed by atoms with Crippen molar-refractivity contribution < 1.29 is 5.21 Å². The Balaban J connectivity index is 3.14. The number of hydroxylamine groups is 2.